The van der Waals surface area contributed by atoms with Crippen LogP contribution in [0.3, 0.4) is 0 Å². The molecule has 1 saturated heterocycles. The summed E-state index contributed by atoms with van der Waals surface area (Å²) in [5, 5.41) is 11.0. The van der Waals surface area contributed by atoms with Crippen LogP contribution >= 0.6 is 0 Å². The second-order valence-corrected chi connectivity index (χ2v) is 7.67. The first-order chi connectivity index (χ1) is 11.5. The molecule has 1 aromatic heterocycles. The van der Waals surface area contributed by atoms with Gasteiger partial charge in [0.1, 0.15) is 0 Å². The van der Waals surface area contributed by atoms with Crippen molar-refractivity contribution in [2.75, 3.05) is 33.8 Å². The highest BCUT2D eigenvalue weighted by Crippen LogP contribution is 2.28. The number of aliphatic hydroxyl groups excluding tert-OH is 1. The minimum absolute atomic E-state index is 0.295. The second kappa shape index (κ2) is 7.26. The number of rotatable bonds is 5. The number of hydrogen-bond donors (Lipinski definition) is 1. The smallest absolute Gasteiger partial charge is 0.0486 e. The number of para-hydroxylation sites is 1. The first-order valence-corrected chi connectivity index (χ1v) is 9.09. The van der Waals surface area contributed by atoms with Crippen molar-refractivity contribution in [1.29, 1.82) is 0 Å². The van der Waals surface area contributed by atoms with E-state index in [0.717, 1.165) is 26.1 Å². The lowest BCUT2D eigenvalue weighted by Gasteiger charge is -2.41. The highest BCUT2D eigenvalue weighted by atomic mass is 16.3. The summed E-state index contributed by atoms with van der Waals surface area (Å²) in [6, 6.07) is 9.63. The largest absolute Gasteiger partial charge is 0.396 e. The Hall–Kier alpha value is -1.36. The summed E-state index contributed by atoms with van der Waals surface area (Å²) >= 11 is 0. The van der Waals surface area contributed by atoms with Crippen LogP contribution in [0.25, 0.3) is 10.9 Å². The van der Waals surface area contributed by atoms with Crippen molar-refractivity contribution >= 4 is 10.9 Å². The third-order valence-corrected chi connectivity index (χ3v) is 5.48. The van der Waals surface area contributed by atoms with Crippen LogP contribution in [-0.2, 0) is 6.54 Å². The molecule has 0 radical (unpaired) electrons. The van der Waals surface area contributed by atoms with E-state index in [1.165, 1.54) is 16.5 Å². The van der Waals surface area contributed by atoms with Crippen LogP contribution in [0.5, 0.6) is 0 Å². The summed E-state index contributed by atoms with van der Waals surface area (Å²) < 4.78 is 2.38. The Morgan fingerprint density at radius 2 is 2.00 bits per heavy atom. The van der Waals surface area contributed by atoms with Crippen molar-refractivity contribution in [2.45, 2.75) is 38.9 Å². The lowest BCUT2D eigenvalue weighted by molar-refractivity contribution is 0.0462. The van der Waals surface area contributed by atoms with Crippen LogP contribution in [0.1, 0.15) is 31.9 Å². The second-order valence-electron chi connectivity index (χ2n) is 7.67. The SMILES string of the molecule is CC(C)n1cc(CN2CC[C@H](CO)[C@H](N(C)C)C2)c2ccccc21. The van der Waals surface area contributed by atoms with Crippen LogP contribution in [0.2, 0.25) is 0 Å². The number of piperidine rings is 1. The molecule has 0 spiro atoms. The zero-order valence-corrected chi connectivity index (χ0v) is 15.4. The zero-order valence-electron chi connectivity index (χ0n) is 15.4. The molecule has 24 heavy (non-hydrogen) atoms. The number of fused-ring (bicyclic) bond motifs is 1. The summed E-state index contributed by atoms with van der Waals surface area (Å²) in [6.07, 6.45) is 3.40. The first kappa shape index (κ1) is 17.5. The monoisotopic (exact) mass is 329 g/mol. The van der Waals surface area contributed by atoms with E-state index < -0.39 is 0 Å². The Labute approximate surface area is 145 Å². The molecule has 1 aliphatic rings. The fourth-order valence-electron chi connectivity index (χ4n) is 4.06. The standard InChI is InChI=1S/C20H31N3O/c1-15(2)23-12-17(18-7-5-6-8-19(18)23)11-22-10-9-16(14-24)20(13-22)21(3)4/h5-8,12,15-16,20,24H,9-11,13-14H2,1-4H3/t16-,20-/m1/s1. The molecule has 3 rings (SSSR count). The lowest BCUT2D eigenvalue weighted by atomic mass is 9.91. The summed E-state index contributed by atoms with van der Waals surface area (Å²) in [4.78, 5) is 4.81. The van der Waals surface area contributed by atoms with Crippen LogP contribution in [-0.4, -0.2) is 59.3 Å². The van der Waals surface area contributed by atoms with Crippen LogP contribution in [0.15, 0.2) is 30.5 Å². The summed E-state index contributed by atoms with van der Waals surface area (Å²) in [7, 11) is 4.25. The van der Waals surface area contributed by atoms with E-state index in [0.29, 0.717) is 24.6 Å². The molecule has 1 aliphatic heterocycles. The zero-order chi connectivity index (χ0) is 17.3. The van der Waals surface area contributed by atoms with Gasteiger partial charge < -0.3 is 14.6 Å². The Morgan fingerprint density at radius 3 is 2.67 bits per heavy atom. The minimum Gasteiger partial charge on any atom is -0.396 e. The van der Waals surface area contributed by atoms with Crippen LogP contribution in [0, 0.1) is 5.92 Å². The Morgan fingerprint density at radius 1 is 1.25 bits per heavy atom. The first-order valence-electron chi connectivity index (χ1n) is 9.09. The maximum absolute atomic E-state index is 9.64. The van der Waals surface area contributed by atoms with Gasteiger partial charge in [-0.05, 0) is 58.5 Å². The molecule has 1 aromatic carbocycles. The number of aromatic nitrogens is 1. The minimum atomic E-state index is 0.295. The number of aliphatic hydroxyl groups is 1. The third kappa shape index (κ3) is 3.37. The number of likely N-dealkylation sites (tertiary alicyclic amines) is 1. The molecule has 0 saturated carbocycles. The topological polar surface area (TPSA) is 31.6 Å². The molecule has 0 bridgehead atoms. The Balaban J connectivity index is 1.83. The third-order valence-electron chi connectivity index (χ3n) is 5.48. The highest BCUT2D eigenvalue weighted by molar-refractivity contribution is 5.84. The molecule has 0 amide bonds. The molecule has 2 aromatic rings. The van der Waals surface area contributed by atoms with Gasteiger partial charge in [-0.15, -0.1) is 0 Å². The van der Waals surface area contributed by atoms with E-state index in [-0.39, 0.29) is 0 Å². The van der Waals surface area contributed by atoms with Gasteiger partial charge in [0.05, 0.1) is 0 Å². The number of hydrogen-bond acceptors (Lipinski definition) is 3. The van der Waals surface area contributed by atoms with E-state index in [4.69, 9.17) is 0 Å². The van der Waals surface area contributed by atoms with Gasteiger partial charge in [-0.3, -0.25) is 4.90 Å². The molecule has 4 nitrogen and oxygen atoms in total. The van der Waals surface area contributed by atoms with Crippen molar-refractivity contribution in [3.05, 3.63) is 36.0 Å². The van der Waals surface area contributed by atoms with E-state index in [1.54, 1.807) is 0 Å². The van der Waals surface area contributed by atoms with Crippen molar-refractivity contribution in [1.82, 2.24) is 14.4 Å². The van der Waals surface area contributed by atoms with Crippen LogP contribution in [0.4, 0.5) is 0 Å². The predicted molar refractivity (Wildman–Crippen MR) is 100 cm³/mol. The van der Waals surface area contributed by atoms with E-state index >= 15 is 0 Å². The summed E-state index contributed by atoms with van der Waals surface area (Å²) in [6.45, 7) is 7.86. The number of nitrogens with zero attached hydrogens (tertiary/aromatic N) is 3. The van der Waals surface area contributed by atoms with Gasteiger partial charge in [0, 0.05) is 48.9 Å². The molecule has 1 N–H and O–H groups in total. The average molecular weight is 329 g/mol. The molecule has 2 atom stereocenters. The fourth-order valence-corrected chi connectivity index (χ4v) is 4.06. The van der Waals surface area contributed by atoms with E-state index in [9.17, 15) is 5.11 Å². The number of benzene rings is 1. The Bertz CT molecular complexity index is 677. The predicted octanol–water partition coefficient (Wildman–Crippen LogP) is 2.97. The van der Waals surface area contributed by atoms with Crippen LogP contribution < -0.4 is 0 Å². The molecular weight excluding hydrogens is 298 g/mol. The summed E-state index contributed by atoms with van der Waals surface area (Å²) in [5.41, 5.74) is 2.75. The summed E-state index contributed by atoms with van der Waals surface area (Å²) in [5.74, 6) is 0.397. The highest BCUT2D eigenvalue weighted by Gasteiger charge is 2.30. The Kier molecular flexibility index (Phi) is 5.28. The average Bonchev–Trinajstić information content (AvgIpc) is 2.94. The molecule has 132 valence electrons. The normalized spacial score (nSPS) is 22.8. The number of likely N-dealkylation sites (N-methyl/N-ethyl adjacent to an activating group) is 1. The van der Waals surface area contributed by atoms with Gasteiger partial charge in [-0.2, -0.15) is 0 Å². The van der Waals surface area contributed by atoms with Crippen molar-refractivity contribution < 1.29 is 5.11 Å². The molecule has 0 aliphatic carbocycles. The van der Waals surface area contributed by atoms with Gasteiger partial charge >= 0.3 is 0 Å². The van der Waals surface area contributed by atoms with E-state index in [2.05, 4.69) is 72.8 Å². The fraction of sp³-hybridized carbons (Fsp3) is 0.600. The van der Waals surface area contributed by atoms with Gasteiger partial charge in [0.15, 0.2) is 0 Å². The van der Waals surface area contributed by atoms with Gasteiger partial charge in [-0.1, -0.05) is 18.2 Å². The van der Waals surface area contributed by atoms with Gasteiger partial charge in [0.2, 0.25) is 0 Å². The van der Waals surface area contributed by atoms with Crippen molar-refractivity contribution in [2.24, 2.45) is 5.92 Å². The molecule has 1 fully saturated rings. The van der Waals surface area contributed by atoms with Gasteiger partial charge in [-0.25, -0.2) is 0 Å². The maximum Gasteiger partial charge on any atom is 0.0486 e. The molecule has 4 heteroatoms. The van der Waals surface area contributed by atoms with Gasteiger partial charge in [0.25, 0.3) is 0 Å². The molecule has 2 heterocycles. The molecular formula is C20H31N3O. The van der Waals surface area contributed by atoms with Crippen molar-refractivity contribution in [3.8, 4) is 0 Å². The lowest BCUT2D eigenvalue weighted by Crippen LogP contribution is -2.51. The van der Waals surface area contributed by atoms with Crippen molar-refractivity contribution in [3.63, 3.8) is 0 Å². The quantitative estimate of drug-likeness (QED) is 0.915. The van der Waals surface area contributed by atoms with E-state index in [1.807, 2.05) is 0 Å². The molecule has 0 unspecified atom stereocenters. The maximum atomic E-state index is 9.64.